The van der Waals surface area contributed by atoms with Crippen LogP contribution in [0.3, 0.4) is 0 Å². The van der Waals surface area contributed by atoms with Gasteiger partial charge >= 0.3 is 5.97 Å². The third kappa shape index (κ3) is 3.67. The van der Waals surface area contributed by atoms with Crippen LogP contribution in [0.4, 0.5) is 0 Å². The lowest BCUT2D eigenvalue weighted by atomic mass is 9.90. The highest BCUT2D eigenvalue weighted by atomic mass is 32.1. The van der Waals surface area contributed by atoms with Gasteiger partial charge in [-0.3, -0.25) is 4.79 Å². The Morgan fingerprint density at radius 2 is 2.04 bits per heavy atom. The number of carbonyl (C=O) groups is 2. The molecule has 7 heteroatoms. The monoisotopic (exact) mass is 348 g/mol. The molecule has 1 aliphatic rings. The molecule has 1 amide bonds. The number of carbonyl (C=O) groups excluding carboxylic acids is 1. The fourth-order valence-corrected chi connectivity index (χ4v) is 3.91. The Kier molecular flexibility index (Phi) is 4.99. The van der Waals surface area contributed by atoms with E-state index in [1.54, 1.807) is 12.5 Å². The maximum Gasteiger partial charge on any atom is 0.329 e. The summed E-state index contributed by atoms with van der Waals surface area (Å²) in [7, 11) is 0. The van der Waals surface area contributed by atoms with E-state index >= 15 is 0 Å². The van der Waals surface area contributed by atoms with Crippen LogP contribution in [0, 0.1) is 0 Å². The van der Waals surface area contributed by atoms with E-state index in [4.69, 9.17) is 4.42 Å². The fraction of sp³-hybridized carbons (Fsp3) is 0.471. The number of amides is 1. The Bertz CT molecular complexity index is 700. The van der Waals surface area contributed by atoms with Gasteiger partial charge in [-0.25, -0.2) is 9.78 Å². The number of thiazole rings is 1. The summed E-state index contributed by atoms with van der Waals surface area (Å²) >= 11 is 1.44. The van der Waals surface area contributed by atoms with Gasteiger partial charge in [-0.15, -0.1) is 11.3 Å². The van der Waals surface area contributed by atoms with Gasteiger partial charge in [-0.2, -0.15) is 0 Å². The van der Waals surface area contributed by atoms with Crippen molar-refractivity contribution >= 4 is 23.2 Å². The standard InChI is InChI=1S/C17H20N2O4S/c20-14(19-17(16(21)22)6-3-1-2-4-7-17)9-13-11-24-15(18-13)12-5-8-23-10-12/h5,8,10-11H,1-4,6-7,9H2,(H,19,20)(H,21,22). The second-order valence-corrected chi connectivity index (χ2v) is 7.04. The van der Waals surface area contributed by atoms with Crippen LogP contribution in [0.5, 0.6) is 0 Å². The third-order valence-electron chi connectivity index (χ3n) is 4.41. The molecule has 2 N–H and O–H groups in total. The summed E-state index contributed by atoms with van der Waals surface area (Å²) in [5, 5.41) is 15.0. The molecule has 128 valence electrons. The number of hydrogen-bond acceptors (Lipinski definition) is 5. The number of hydrogen-bond donors (Lipinski definition) is 2. The normalized spacial score (nSPS) is 17.2. The minimum absolute atomic E-state index is 0.0867. The summed E-state index contributed by atoms with van der Waals surface area (Å²) in [6.45, 7) is 0. The van der Waals surface area contributed by atoms with Crippen LogP contribution >= 0.6 is 11.3 Å². The van der Waals surface area contributed by atoms with Crippen molar-refractivity contribution in [3.05, 3.63) is 29.7 Å². The minimum atomic E-state index is -1.13. The Labute approximate surface area is 143 Å². The lowest BCUT2D eigenvalue weighted by Gasteiger charge is -2.29. The Morgan fingerprint density at radius 3 is 2.67 bits per heavy atom. The van der Waals surface area contributed by atoms with Crippen molar-refractivity contribution in [2.45, 2.75) is 50.5 Å². The maximum atomic E-state index is 12.4. The van der Waals surface area contributed by atoms with Gasteiger partial charge in [-0.05, 0) is 18.9 Å². The van der Waals surface area contributed by atoms with Crippen LogP contribution in [-0.2, 0) is 16.0 Å². The predicted molar refractivity (Wildman–Crippen MR) is 89.7 cm³/mol. The van der Waals surface area contributed by atoms with Crippen molar-refractivity contribution in [3.8, 4) is 10.6 Å². The smallest absolute Gasteiger partial charge is 0.329 e. The van der Waals surface area contributed by atoms with Gasteiger partial charge in [0.25, 0.3) is 0 Å². The summed E-state index contributed by atoms with van der Waals surface area (Å²) < 4.78 is 5.03. The zero-order valence-electron chi connectivity index (χ0n) is 13.3. The second kappa shape index (κ2) is 7.17. The molecule has 1 fully saturated rings. The van der Waals surface area contributed by atoms with Crippen molar-refractivity contribution in [2.75, 3.05) is 0 Å². The lowest BCUT2D eigenvalue weighted by molar-refractivity contribution is -0.148. The van der Waals surface area contributed by atoms with E-state index in [9.17, 15) is 14.7 Å². The first-order chi connectivity index (χ1) is 11.6. The van der Waals surface area contributed by atoms with Crippen molar-refractivity contribution in [1.82, 2.24) is 10.3 Å². The summed E-state index contributed by atoms with van der Waals surface area (Å²) in [6, 6.07) is 1.81. The summed E-state index contributed by atoms with van der Waals surface area (Å²) in [6.07, 6.45) is 7.94. The molecule has 1 aliphatic carbocycles. The highest BCUT2D eigenvalue weighted by molar-refractivity contribution is 7.13. The van der Waals surface area contributed by atoms with Crippen LogP contribution < -0.4 is 5.32 Å². The van der Waals surface area contributed by atoms with E-state index in [0.717, 1.165) is 36.3 Å². The molecule has 0 saturated heterocycles. The van der Waals surface area contributed by atoms with Gasteiger partial charge in [-0.1, -0.05) is 25.7 Å². The van der Waals surface area contributed by atoms with Crippen LogP contribution in [0.1, 0.15) is 44.2 Å². The summed E-state index contributed by atoms with van der Waals surface area (Å²) in [5.74, 6) is -1.22. The van der Waals surface area contributed by atoms with E-state index in [1.807, 2.05) is 11.4 Å². The predicted octanol–water partition coefficient (Wildman–Crippen LogP) is 3.24. The average Bonchev–Trinajstić information content (AvgIpc) is 3.16. The van der Waals surface area contributed by atoms with E-state index in [2.05, 4.69) is 10.3 Å². The van der Waals surface area contributed by atoms with Crippen molar-refractivity contribution in [3.63, 3.8) is 0 Å². The molecular weight excluding hydrogens is 328 g/mol. The number of carboxylic acids is 1. The van der Waals surface area contributed by atoms with Gasteiger partial charge in [0.05, 0.1) is 18.4 Å². The highest BCUT2D eigenvalue weighted by Crippen LogP contribution is 2.28. The Balaban J connectivity index is 1.67. The van der Waals surface area contributed by atoms with E-state index in [1.165, 1.54) is 11.3 Å². The molecule has 1 saturated carbocycles. The summed E-state index contributed by atoms with van der Waals surface area (Å²) in [5.41, 5.74) is 0.386. The zero-order valence-corrected chi connectivity index (χ0v) is 14.1. The number of rotatable bonds is 5. The lowest BCUT2D eigenvalue weighted by Crippen LogP contribution is -2.54. The molecular formula is C17H20N2O4S. The molecule has 0 aromatic carbocycles. The zero-order chi connectivity index (χ0) is 17.0. The number of aliphatic carboxylic acids is 1. The first-order valence-electron chi connectivity index (χ1n) is 8.10. The SMILES string of the molecule is O=C(Cc1csc(-c2ccoc2)n1)NC1(C(=O)O)CCCCCC1. The molecule has 6 nitrogen and oxygen atoms in total. The fourth-order valence-electron chi connectivity index (χ4n) is 3.11. The molecule has 0 radical (unpaired) electrons. The van der Waals surface area contributed by atoms with Crippen molar-refractivity contribution in [1.29, 1.82) is 0 Å². The molecule has 2 heterocycles. The molecule has 0 bridgehead atoms. The molecule has 24 heavy (non-hydrogen) atoms. The summed E-state index contributed by atoms with van der Waals surface area (Å²) in [4.78, 5) is 28.5. The molecule has 0 unspecified atom stereocenters. The molecule has 0 spiro atoms. The minimum Gasteiger partial charge on any atom is -0.480 e. The largest absolute Gasteiger partial charge is 0.480 e. The number of nitrogens with zero attached hydrogens (tertiary/aromatic N) is 1. The van der Waals surface area contributed by atoms with Crippen molar-refractivity contribution < 1.29 is 19.1 Å². The number of nitrogens with one attached hydrogen (secondary N) is 1. The first kappa shape index (κ1) is 16.7. The third-order valence-corrected chi connectivity index (χ3v) is 5.35. The van der Waals surface area contributed by atoms with Crippen molar-refractivity contribution in [2.24, 2.45) is 0 Å². The highest BCUT2D eigenvalue weighted by Gasteiger charge is 2.39. The Hall–Kier alpha value is -2.15. The molecule has 3 rings (SSSR count). The second-order valence-electron chi connectivity index (χ2n) is 6.18. The van der Waals surface area contributed by atoms with Crippen LogP contribution in [0.2, 0.25) is 0 Å². The molecule has 2 aromatic rings. The van der Waals surface area contributed by atoms with Crippen LogP contribution in [0.25, 0.3) is 10.6 Å². The number of furan rings is 1. The van der Waals surface area contributed by atoms with Gasteiger partial charge < -0.3 is 14.8 Å². The Morgan fingerprint density at radius 1 is 1.29 bits per heavy atom. The van der Waals surface area contributed by atoms with Gasteiger partial charge in [0.15, 0.2) is 0 Å². The number of carboxylic acid groups (broad SMARTS) is 1. The molecule has 0 aliphatic heterocycles. The molecule has 2 aromatic heterocycles. The van der Waals surface area contributed by atoms with E-state index < -0.39 is 11.5 Å². The number of aromatic nitrogens is 1. The first-order valence-corrected chi connectivity index (χ1v) is 8.98. The van der Waals surface area contributed by atoms with Gasteiger partial charge in [0.2, 0.25) is 5.91 Å². The van der Waals surface area contributed by atoms with Gasteiger partial charge in [0.1, 0.15) is 16.8 Å². The quantitative estimate of drug-likeness (QED) is 0.809. The topological polar surface area (TPSA) is 92.4 Å². The van der Waals surface area contributed by atoms with Crippen LogP contribution in [0.15, 0.2) is 28.4 Å². The van der Waals surface area contributed by atoms with Crippen LogP contribution in [-0.4, -0.2) is 27.5 Å². The maximum absolute atomic E-state index is 12.4. The van der Waals surface area contributed by atoms with Gasteiger partial charge in [0, 0.05) is 10.9 Å². The van der Waals surface area contributed by atoms with E-state index in [0.29, 0.717) is 18.5 Å². The molecule has 0 atom stereocenters. The van der Waals surface area contributed by atoms with E-state index in [-0.39, 0.29) is 12.3 Å². The average molecular weight is 348 g/mol.